The van der Waals surface area contributed by atoms with Gasteiger partial charge in [0.05, 0.1) is 11.3 Å². The Balaban J connectivity index is 1.48. The van der Waals surface area contributed by atoms with Crippen LogP contribution in [0.25, 0.3) is 11.0 Å². The summed E-state index contributed by atoms with van der Waals surface area (Å²) in [5.74, 6) is -0.668. The minimum absolute atomic E-state index is 0.111. The van der Waals surface area contributed by atoms with Gasteiger partial charge in [-0.1, -0.05) is 31.8 Å². The number of rotatable bonds is 9. The Kier molecular flexibility index (Phi) is 8.60. The molecule has 9 nitrogen and oxygen atoms in total. The highest BCUT2D eigenvalue weighted by Crippen LogP contribution is 2.36. The fraction of sp³-hybridized carbons (Fsp3) is 0.500. The predicted molar refractivity (Wildman–Crippen MR) is 157 cm³/mol. The number of carbonyl (C=O) groups excluding carboxylic acids is 1. The van der Waals surface area contributed by atoms with Crippen LogP contribution in [0.4, 0.5) is 4.79 Å². The van der Waals surface area contributed by atoms with E-state index in [2.05, 4.69) is 24.6 Å². The van der Waals surface area contributed by atoms with E-state index in [1.807, 2.05) is 48.0 Å². The van der Waals surface area contributed by atoms with Crippen molar-refractivity contribution >= 4 is 31.2 Å². The van der Waals surface area contributed by atoms with Crippen molar-refractivity contribution < 1.29 is 28.9 Å². The number of amides is 1. The SMILES string of the molecule is Cc1cn(COCC[Si](C)(C)C)c2nccc(Oc3ccc([C@H]4CN(C(=O)OC(C)(C)C)C[C@@H]4C(=O)O)cc3)c12. The Bertz CT molecular complexity index is 1360. The highest BCUT2D eigenvalue weighted by atomic mass is 28.3. The summed E-state index contributed by atoms with van der Waals surface area (Å²) in [6.07, 6.45) is 3.27. The average molecular weight is 568 g/mol. The number of ether oxygens (including phenoxy) is 3. The van der Waals surface area contributed by atoms with E-state index in [1.54, 1.807) is 27.0 Å². The number of carboxylic acids is 1. The van der Waals surface area contributed by atoms with Crippen LogP contribution >= 0.6 is 0 Å². The maximum Gasteiger partial charge on any atom is 0.410 e. The fourth-order valence-corrected chi connectivity index (χ4v) is 5.64. The van der Waals surface area contributed by atoms with E-state index >= 15 is 0 Å². The maximum atomic E-state index is 12.6. The number of aliphatic carboxylic acids is 1. The van der Waals surface area contributed by atoms with E-state index in [4.69, 9.17) is 14.2 Å². The Morgan fingerprint density at radius 3 is 2.42 bits per heavy atom. The van der Waals surface area contributed by atoms with Crippen LogP contribution in [0, 0.1) is 12.8 Å². The summed E-state index contributed by atoms with van der Waals surface area (Å²) in [6.45, 7) is 16.0. The molecule has 1 aliphatic heterocycles. The molecule has 0 bridgehead atoms. The lowest BCUT2D eigenvalue weighted by Gasteiger charge is -2.24. The third-order valence-corrected chi connectivity index (χ3v) is 8.66. The van der Waals surface area contributed by atoms with Crippen LogP contribution in [0.1, 0.15) is 37.8 Å². The Hall–Kier alpha value is -3.37. The van der Waals surface area contributed by atoms with Crippen molar-refractivity contribution in [2.45, 2.75) is 71.6 Å². The zero-order chi connectivity index (χ0) is 29.2. The van der Waals surface area contributed by atoms with E-state index in [-0.39, 0.29) is 19.0 Å². The molecular weight excluding hydrogens is 526 g/mol. The Morgan fingerprint density at radius 1 is 1.10 bits per heavy atom. The van der Waals surface area contributed by atoms with Crippen LogP contribution < -0.4 is 4.74 Å². The molecule has 0 radical (unpaired) electrons. The molecule has 40 heavy (non-hydrogen) atoms. The van der Waals surface area contributed by atoms with Crippen LogP contribution in [-0.2, 0) is 21.0 Å². The van der Waals surface area contributed by atoms with Crippen molar-refractivity contribution in [1.29, 1.82) is 0 Å². The smallest absolute Gasteiger partial charge is 0.410 e. The summed E-state index contributed by atoms with van der Waals surface area (Å²) < 4.78 is 19.7. The number of carboxylic acid groups (broad SMARTS) is 1. The fourth-order valence-electron chi connectivity index (χ4n) is 4.88. The van der Waals surface area contributed by atoms with Gasteiger partial charge in [-0.15, -0.1) is 0 Å². The molecule has 1 saturated heterocycles. The largest absolute Gasteiger partial charge is 0.481 e. The van der Waals surface area contributed by atoms with Gasteiger partial charge in [0.15, 0.2) is 0 Å². The highest BCUT2D eigenvalue weighted by Gasteiger charge is 2.41. The van der Waals surface area contributed by atoms with Crippen LogP contribution in [-0.4, -0.2) is 65.0 Å². The molecule has 0 aliphatic carbocycles. The second-order valence-corrected chi connectivity index (χ2v) is 18.4. The highest BCUT2D eigenvalue weighted by molar-refractivity contribution is 6.76. The predicted octanol–water partition coefficient (Wildman–Crippen LogP) is 6.48. The standard InChI is InChI=1S/C30H41N3O6Si/c1-20-16-33(19-37-14-15-40(5,6)7)27-26(20)25(12-13-31-27)38-22-10-8-21(9-11-22)23-17-32(18-24(23)28(34)35)29(36)39-30(2,3)4/h8-13,16,23-24H,14-15,17-19H2,1-7H3,(H,34,35)/t23-,24+/m1/s1. The van der Waals surface area contributed by atoms with Gasteiger partial charge in [0, 0.05) is 46.1 Å². The summed E-state index contributed by atoms with van der Waals surface area (Å²) >= 11 is 0. The number of hydrogen-bond donors (Lipinski definition) is 1. The number of nitrogens with zero attached hydrogens (tertiary/aromatic N) is 3. The number of benzene rings is 1. The third-order valence-electron chi connectivity index (χ3n) is 6.96. The van der Waals surface area contributed by atoms with Crippen LogP contribution in [0.2, 0.25) is 25.7 Å². The van der Waals surface area contributed by atoms with Crippen molar-refractivity contribution in [2.75, 3.05) is 19.7 Å². The lowest BCUT2D eigenvalue weighted by Crippen LogP contribution is -2.35. The van der Waals surface area contributed by atoms with Gasteiger partial charge >= 0.3 is 12.1 Å². The Morgan fingerprint density at radius 2 is 1.80 bits per heavy atom. The van der Waals surface area contributed by atoms with E-state index in [0.29, 0.717) is 18.2 Å². The van der Waals surface area contributed by atoms with E-state index in [0.717, 1.165) is 34.8 Å². The zero-order valence-electron chi connectivity index (χ0n) is 24.6. The number of aromatic nitrogens is 2. The number of carbonyl (C=O) groups is 2. The number of fused-ring (bicyclic) bond motifs is 1. The van der Waals surface area contributed by atoms with Crippen molar-refractivity contribution in [3.63, 3.8) is 0 Å². The molecular formula is C30H41N3O6Si. The number of hydrogen-bond acceptors (Lipinski definition) is 6. The number of aryl methyl sites for hydroxylation is 1. The van der Waals surface area contributed by atoms with Gasteiger partial charge in [0.1, 0.15) is 29.5 Å². The molecule has 3 aromatic rings. The lowest BCUT2D eigenvalue weighted by molar-refractivity contribution is -0.141. The molecule has 1 aromatic carbocycles. The quantitative estimate of drug-likeness (QED) is 0.233. The molecule has 2 atom stereocenters. The molecule has 3 heterocycles. The van der Waals surface area contributed by atoms with E-state index in [1.165, 1.54) is 4.90 Å². The van der Waals surface area contributed by atoms with E-state index in [9.17, 15) is 14.7 Å². The summed E-state index contributed by atoms with van der Waals surface area (Å²) in [7, 11) is -1.16. The van der Waals surface area contributed by atoms with Crippen molar-refractivity contribution in [3.05, 3.63) is 53.9 Å². The molecule has 1 aliphatic rings. The average Bonchev–Trinajstić information content (AvgIpc) is 3.44. The molecule has 1 fully saturated rings. The van der Waals surface area contributed by atoms with Gasteiger partial charge < -0.3 is 28.8 Å². The van der Waals surface area contributed by atoms with Gasteiger partial charge in [0.25, 0.3) is 0 Å². The van der Waals surface area contributed by atoms with Crippen LogP contribution in [0.15, 0.2) is 42.7 Å². The first-order chi connectivity index (χ1) is 18.7. The summed E-state index contributed by atoms with van der Waals surface area (Å²) in [5, 5.41) is 10.8. The zero-order valence-corrected chi connectivity index (χ0v) is 25.6. The molecule has 2 aromatic heterocycles. The third kappa shape index (κ3) is 7.22. The monoisotopic (exact) mass is 567 g/mol. The van der Waals surface area contributed by atoms with Crippen molar-refractivity contribution in [1.82, 2.24) is 14.5 Å². The molecule has 10 heteroatoms. The topological polar surface area (TPSA) is 103 Å². The minimum atomic E-state index is -1.16. The second kappa shape index (κ2) is 11.6. The molecule has 1 N–H and O–H groups in total. The molecule has 0 spiro atoms. The minimum Gasteiger partial charge on any atom is -0.481 e. The normalized spacial score (nSPS) is 17.8. The van der Waals surface area contributed by atoms with Gasteiger partial charge in [-0.05, 0) is 63.1 Å². The first-order valence-corrected chi connectivity index (χ1v) is 17.4. The lowest BCUT2D eigenvalue weighted by atomic mass is 9.89. The Labute approximate surface area is 237 Å². The van der Waals surface area contributed by atoms with Crippen LogP contribution in [0.3, 0.4) is 0 Å². The summed E-state index contributed by atoms with van der Waals surface area (Å²) in [4.78, 5) is 30.7. The first kappa shape index (κ1) is 29.6. The summed E-state index contributed by atoms with van der Waals surface area (Å²) in [5.41, 5.74) is 2.03. The second-order valence-electron chi connectivity index (χ2n) is 12.7. The van der Waals surface area contributed by atoms with Gasteiger partial charge in [0.2, 0.25) is 0 Å². The molecule has 0 unspecified atom stereocenters. The molecule has 1 amide bonds. The maximum absolute atomic E-state index is 12.6. The summed E-state index contributed by atoms with van der Waals surface area (Å²) in [6, 6.07) is 10.4. The molecule has 216 valence electrons. The number of likely N-dealkylation sites (tertiary alicyclic amines) is 1. The van der Waals surface area contributed by atoms with Gasteiger partial charge in [-0.3, -0.25) is 4.79 Å². The van der Waals surface area contributed by atoms with Gasteiger partial charge in [-0.25, -0.2) is 9.78 Å². The number of pyridine rings is 1. The molecule has 0 saturated carbocycles. The van der Waals surface area contributed by atoms with Crippen molar-refractivity contribution in [3.8, 4) is 11.5 Å². The van der Waals surface area contributed by atoms with E-state index < -0.39 is 31.7 Å². The first-order valence-electron chi connectivity index (χ1n) is 13.7. The van der Waals surface area contributed by atoms with Crippen LogP contribution in [0.5, 0.6) is 11.5 Å². The molecule has 4 rings (SSSR count). The van der Waals surface area contributed by atoms with Gasteiger partial charge in [-0.2, -0.15) is 0 Å². The van der Waals surface area contributed by atoms with Crippen molar-refractivity contribution in [2.24, 2.45) is 5.92 Å².